The van der Waals surface area contributed by atoms with Crippen LogP contribution in [0.1, 0.15) is 10.4 Å². The number of ether oxygens (including phenoxy) is 1. The second-order valence-electron chi connectivity index (χ2n) is 3.48. The van der Waals surface area contributed by atoms with Crippen LogP contribution in [0.25, 0.3) is 11.4 Å². The van der Waals surface area contributed by atoms with Gasteiger partial charge in [0.25, 0.3) is 0 Å². The molecular formula is C11H11N3O3. The van der Waals surface area contributed by atoms with Crippen molar-refractivity contribution in [3.05, 3.63) is 40.3 Å². The molecule has 2 aromatic rings. The lowest BCUT2D eigenvalue weighted by molar-refractivity contribution is 0.0601. The summed E-state index contributed by atoms with van der Waals surface area (Å²) < 4.78 is 6.00. The van der Waals surface area contributed by atoms with Gasteiger partial charge in [0.1, 0.15) is 0 Å². The fourth-order valence-electron chi connectivity index (χ4n) is 1.51. The summed E-state index contributed by atoms with van der Waals surface area (Å²) in [6.07, 6.45) is 0. The smallest absolute Gasteiger partial charge is 0.343 e. The summed E-state index contributed by atoms with van der Waals surface area (Å²) in [7, 11) is 2.92. The van der Waals surface area contributed by atoms with Crippen molar-refractivity contribution >= 4 is 5.97 Å². The molecule has 1 heterocycles. The maximum absolute atomic E-state index is 11.4. The van der Waals surface area contributed by atoms with Crippen LogP contribution in [0.3, 0.4) is 0 Å². The Labute approximate surface area is 96.8 Å². The van der Waals surface area contributed by atoms with Gasteiger partial charge in [0, 0.05) is 12.6 Å². The van der Waals surface area contributed by atoms with E-state index in [2.05, 4.69) is 14.9 Å². The van der Waals surface area contributed by atoms with Crippen LogP contribution in [-0.2, 0) is 11.8 Å². The lowest BCUT2D eigenvalue weighted by atomic mass is 10.1. The van der Waals surface area contributed by atoms with Crippen molar-refractivity contribution in [1.82, 2.24) is 14.8 Å². The van der Waals surface area contributed by atoms with Crippen molar-refractivity contribution in [2.24, 2.45) is 7.05 Å². The number of carbonyl (C=O) groups excluding carboxylic acids is 1. The molecule has 0 saturated carbocycles. The third-order valence-electron chi connectivity index (χ3n) is 2.42. The van der Waals surface area contributed by atoms with Crippen molar-refractivity contribution in [1.29, 1.82) is 0 Å². The molecule has 6 nitrogen and oxygen atoms in total. The highest BCUT2D eigenvalue weighted by atomic mass is 16.5. The van der Waals surface area contributed by atoms with Gasteiger partial charge in [-0.1, -0.05) is 12.1 Å². The second-order valence-corrected chi connectivity index (χ2v) is 3.48. The fraction of sp³-hybridized carbons (Fsp3) is 0.182. The first kappa shape index (κ1) is 11.1. The average molecular weight is 233 g/mol. The van der Waals surface area contributed by atoms with Gasteiger partial charge in [-0.25, -0.2) is 14.7 Å². The first-order valence-corrected chi connectivity index (χ1v) is 4.93. The maximum Gasteiger partial charge on any atom is 0.343 e. The van der Waals surface area contributed by atoms with E-state index in [-0.39, 0.29) is 5.69 Å². The van der Waals surface area contributed by atoms with E-state index in [0.717, 1.165) is 0 Å². The Morgan fingerprint density at radius 1 is 1.47 bits per heavy atom. The molecule has 6 heteroatoms. The van der Waals surface area contributed by atoms with Crippen LogP contribution in [-0.4, -0.2) is 27.8 Å². The summed E-state index contributed by atoms with van der Waals surface area (Å²) in [4.78, 5) is 22.6. The fourth-order valence-corrected chi connectivity index (χ4v) is 1.51. The molecule has 0 atom stereocenters. The quantitative estimate of drug-likeness (QED) is 0.769. The highest BCUT2D eigenvalue weighted by molar-refractivity contribution is 5.90. The summed E-state index contributed by atoms with van der Waals surface area (Å²) in [6, 6.07) is 6.74. The molecule has 0 aliphatic carbocycles. The molecule has 1 aromatic heterocycles. The van der Waals surface area contributed by atoms with E-state index < -0.39 is 5.97 Å². The van der Waals surface area contributed by atoms with Gasteiger partial charge in [0.2, 0.25) is 0 Å². The number of carbonyl (C=O) groups is 1. The minimum absolute atomic E-state index is 0.302. The molecule has 0 fully saturated rings. The van der Waals surface area contributed by atoms with Crippen molar-refractivity contribution in [3.63, 3.8) is 0 Å². The van der Waals surface area contributed by atoms with Crippen LogP contribution < -0.4 is 5.69 Å². The predicted octanol–water partition coefficient (Wildman–Crippen LogP) is 0.562. The summed E-state index contributed by atoms with van der Waals surface area (Å²) in [5, 5.41) is 6.22. The Morgan fingerprint density at radius 3 is 2.82 bits per heavy atom. The minimum atomic E-state index is -0.424. The van der Waals surface area contributed by atoms with Gasteiger partial charge in [0.15, 0.2) is 5.82 Å². The Kier molecular flexibility index (Phi) is 2.78. The zero-order valence-electron chi connectivity index (χ0n) is 9.43. The van der Waals surface area contributed by atoms with Crippen LogP contribution in [0, 0.1) is 0 Å². The highest BCUT2D eigenvalue weighted by Gasteiger charge is 2.10. The van der Waals surface area contributed by atoms with Gasteiger partial charge in [-0.15, -0.1) is 0 Å². The van der Waals surface area contributed by atoms with Gasteiger partial charge in [-0.05, 0) is 12.1 Å². The van der Waals surface area contributed by atoms with Gasteiger partial charge >= 0.3 is 11.7 Å². The molecule has 0 radical (unpaired) electrons. The highest BCUT2D eigenvalue weighted by Crippen LogP contribution is 2.16. The molecule has 0 aliphatic heterocycles. The van der Waals surface area contributed by atoms with Gasteiger partial charge in [-0.3, -0.25) is 4.57 Å². The molecule has 0 aliphatic rings. The lowest BCUT2D eigenvalue weighted by Crippen LogP contribution is -2.13. The first-order valence-electron chi connectivity index (χ1n) is 4.93. The van der Waals surface area contributed by atoms with Gasteiger partial charge in [0.05, 0.1) is 12.7 Å². The molecule has 88 valence electrons. The molecule has 0 spiro atoms. The van der Waals surface area contributed by atoms with Crippen LogP contribution in [0.2, 0.25) is 0 Å². The monoisotopic (exact) mass is 233 g/mol. The second kappa shape index (κ2) is 4.25. The molecule has 1 N–H and O–H groups in total. The third kappa shape index (κ3) is 1.96. The molecule has 0 amide bonds. The summed E-state index contributed by atoms with van der Waals surface area (Å²) >= 11 is 0. The number of aromatic nitrogens is 3. The number of methoxy groups -OCH3 is 1. The van der Waals surface area contributed by atoms with Crippen LogP contribution in [0.5, 0.6) is 0 Å². The first-order chi connectivity index (χ1) is 8.13. The Hall–Kier alpha value is -2.37. The number of hydrogen-bond donors (Lipinski definition) is 1. The minimum Gasteiger partial charge on any atom is -0.465 e. The number of H-pyrrole nitrogens is 1. The van der Waals surface area contributed by atoms with Crippen LogP contribution in [0.15, 0.2) is 29.1 Å². The average Bonchev–Trinajstić information content (AvgIpc) is 2.69. The molecule has 0 bridgehead atoms. The zero-order chi connectivity index (χ0) is 12.4. The van der Waals surface area contributed by atoms with Gasteiger partial charge < -0.3 is 4.74 Å². The van der Waals surface area contributed by atoms with E-state index in [0.29, 0.717) is 17.0 Å². The van der Waals surface area contributed by atoms with E-state index >= 15 is 0 Å². The number of nitrogens with one attached hydrogen (secondary N) is 1. The number of hydrogen-bond acceptors (Lipinski definition) is 4. The van der Waals surface area contributed by atoms with Crippen LogP contribution in [0.4, 0.5) is 0 Å². The van der Waals surface area contributed by atoms with E-state index in [1.807, 2.05) is 0 Å². The van der Waals surface area contributed by atoms with E-state index in [9.17, 15) is 9.59 Å². The number of nitrogens with zero attached hydrogens (tertiary/aromatic N) is 2. The van der Waals surface area contributed by atoms with E-state index in [1.165, 1.54) is 11.7 Å². The number of esters is 1. The molecule has 17 heavy (non-hydrogen) atoms. The van der Waals surface area contributed by atoms with Gasteiger partial charge in [-0.2, -0.15) is 5.10 Å². The summed E-state index contributed by atoms with van der Waals surface area (Å²) in [6.45, 7) is 0. The van der Waals surface area contributed by atoms with Crippen molar-refractivity contribution in [2.45, 2.75) is 0 Å². The number of aromatic amines is 1. The normalized spacial score (nSPS) is 10.2. The molecule has 1 aromatic carbocycles. The number of rotatable bonds is 2. The Morgan fingerprint density at radius 2 is 2.24 bits per heavy atom. The van der Waals surface area contributed by atoms with Crippen molar-refractivity contribution < 1.29 is 9.53 Å². The Balaban J connectivity index is 2.50. The third-order valence-corrected chi connectivity index (χ3v) is 2.42. The van der Waals surface area contributed by atoms with Crippen LogP contribution >= 0.6 is 0 Å². The molecule has 0 unspecified atom stereocenters. The van der Waals surface area contributed by atoms with Crippen molar-refractivity contribution in [3.8, 4) is 11.4 Å². The van der Waals surface area contributed by atoms with E-state index in [4.69, 9.17) is 0 Å². The summed E-state index contributed by atoms with van der Waals surface area (Å²) in [5.74, 6) is 0.0492. The molecule has 0 saturated heterocycles. The lowest BCUT2D eigenvalue weighted by Gasteiger charge is -2.02. The van der Waals surface area contributed by atoms with E-state index in [1.54, 1.807) is 31.3 Å². The largest absolute Gasteiger partial charge is 0.465 e. The maximum atomic E-state index is 11.4. The van der Waals surface area contributed by atoms with Crippen molar-refractivity contribution in [2.75, 3.05) is 7.11 Å². The standard InChI is InChI=1S/C11H11N3O3/c1-14-9(12-13-11(14)16)7-4-3-5-8(6-7)10(15)17-2/h3-6H,1-2H3,(H,13,16). The number of benzene rings is 1. The molecule has 2 rings (SSSR count). The predicted molar refractivity (Wildman–Crippen MR) is 60.6 cm³/mol. The topological polar surface area (TPSA) is 77.0 Å². The Bertz CT molecular complexity index is 612. The summed E-state index contributed by atoms with van der Waals surface area (Å²) in [5.41, 5.74) is 0.790. The SMILES string of the molecule is COC(=O)c1cccc(-c2n[nH]c(=O)n2C)c1. The zero-order valence-corrected chi connectivity index (χ0v) is 9.43. The molecular weight excluding hydrogens is 222 g/mol.